The molecule has 0 bridgehead atoms. The average Bonchev–Trinajstić information content (AvgIpc) is 2.61. The summed E-state index contributed by atoms with van der Waals surface area (Å²) in [5, 5.41) is 3.75. The van der Waals surface area contributed by atoms with Crippen molar-refractivity contribution < 1.29 is 12.9 Å². The first-order valence-corrected chi connectivity index (χ1v) is 7.09. The Bertz CT molecular complexity index is 474. The molecule has 0 amide bonds. The van der Waals surface area contributed by atoms with E-state index in [1.54, 1.807) is 0 Å². The van der Waals surface area contributed by atoms with Gasteiger partial charge in [0.1, 0.15) is 0 Å². The molecule has 2 N–H and O–H groups in total. The normalized spacial score (nSPS) is 17.7. The largest absolute Gasteiger partial charge is 0.366 e. The van der Waals surface area contributed by atoms with E-state index in [1.807, 2.05) is 4.90 Å². The molecule has 0 aromatic carbocycles. The maximum Gasteiger partial charge on any atom is 0.243 e. The van der Waals surface area contributed by atoms with E-state index in [0.29, 0.717) is 5.82 Å². The van der Waals surface area contributed by atoms with Crippen LogP contribution in [0, 0.1) is 0 Å². The van der Waals surface area contributed by atoms with Gasteiger partial charge in [0.05, 0.1) is 0 Å². The highest BCUT2D eigenvalue weighted by Gasteiger charge is 2.27. The van der Waals surface area contributed by atoms with Crippen molar-refractivity contribution in [1.29, 1.82) is 0 Å². The molecule has 0 spiro atoms. The van der Waals surface area contributed by atoms with Crippen LogP contribution in [0.1, 0.15) is 19.3 Å². The zero-order chi connectivity index (χ0) is 11.8. The second-order valence-corrected chi connectivity index (χ2v) is 5.97. The van der Waals surface area contributed by atoms with Gasteiger partial charge >= 0.3 is 0 Å². The first-order chi connectivity index (χ1) is 7.50. The number of aromatic nitrogens is 1. The van der Waals surface area contributed by atoms with Crippen LogP contribution in [0.3, 0.4) is 0 Å². The molecule has 0 atom stereocenters. The molecular weight excluding hydrogens is 230 g/mol. The molecule has 0 aliphatic carbocycles. The van der Waals surface area contributed by atoms with Gasteiger partial charge in [-0.3, -0.25) is 0 Å². The van der Waals surface area contributed by atoms with Gasteiger partial charge in [-0.15, -0.1) is 0 Å². The quantitative estimate of drug-likeness (QED) is 0.822. The number of nitrogen functional groups attached to an aromatic ring is 1. The van der Waals surface area contributed by atoms with E-state index in [9.17, 15) is 8.42 Å². The van der Waals surface area contributed by atoms with Gasteiger partial charge in [0.25, 0.3) is 0 Å². The van der Waals surface area contributed by atoms with E-state index in [1.165, 1.54) is 0 Å². The topological polar surface area (TPSA) is 89.4 Å². The summed E-state index contributed by atoms with van der Waals surface area (Å²) in [5.41, 5.74) is 5.50. The SMILES string of the molecule is CS(=O)(=O)c1c(N2CCCCC2)noc1N. The molecule has 90 valence electrons. The Kier molecular flexibility index (Phi) is 2.79. The average molecular weight is 245 g/mol. The third-order valence-electron chi connectivity index (χ3n) is 2.68. The monoisotopic (exact) mass is 245 g/mol. The highest BCUT2D eigenvalue weighted by molar-refractivity contribution is 7.91. The summed E-state index contributed by atoms with van der Waals surface area (Å²) >= 11 is 0. The van der Waals surface area contributed by atoms with Crippen molar-refractivity contribution in [3.05, 3.63) is 0 Å². The summed E-state index contributed by atoms with van der Waals surface area (Å²) in [5.74, 6) is 0.239. The van der Waals surface area contributed by atoms with E-state index < -0.39 is 9.84 Å². The van der Waals surface area contributed by atoms with Crippen LogP contribution in [-0.4, -0.2) is 32.9 Å². The van der Waals surface area contributed by atoms with Crippen LogP contribution in [0.2, 0.25) is 0 Å². The lowest BCUT2D eigenvalue weighted by atomic mass is 10.1. The number of anilines is 2. The Labute approximate surface area is 94.3 Å². The van der Waals surface area contributed by atoms with Crippen LogP contribution in [0.4, 0.5) is 11.7 Å². The van der Waals surface area contributed by atoms with Crippen molar-refractivity contribution in [2.75, 3.05) is 30.0 Å². The van der Waals surface area contributed by atoms with E-state index in [-0.39, 0.29) is 10.8 Å². The number of nitrogens with zero attached hydrogens (tertiary/aromatic N) is 2. The zero-order valence-corrected chi connectivity index (χ0v) is 9.96. The zero-order valence-electron chi connectivity index (χ0n) is 9.14. The summed E-state index contributed by atoms with van der Waals surface area (Å²) in [6, 6.07) is 0. The fraction of sp³-hybridized carbons (Fsp3) is 0.667. The minimum absolute atomic E-state index is 0.0226. The van der Waals surface area contributed by atoms with Gasteiger partial charge in [0, 0.05) is 19.3 Å². The van der Waals surface area contributed by atoms with Crippen LogP contribution < -0.4 is 10.6 Å². The van der Waals surface area contributed by atoms with E-state index in [0.717, 1.165) is 38.6 Å². The Hall–Kier alpha value is -1.24. The smallest absolute Gasteiger partial charge is 0.243 e. The highest BCUT2D eigenvalue weighted by Crippen LogP contribution is 2.31. The maximum atomic E-state index is 11.6. The molecular formula is C9H15N3O3S. The molecule has 2 rings (SSSR count). The van der Waals surface area contributed by atoms with Gasteiger partial charge in [-0.2, -0.15) is 0 Å². The molecule has 1 saturated heterocycles. The van der Waals surface area contributed by atoms with Crippen LogP contribution in [-0.2, 0) is 9.84 Å². The molecule has 7 heteroatoms. The number of hydrogen-bond donors (Lipinski definition) is 1. The van der Waals surface area contributed by atoms with Crippen LogP contribution >= 0.6 is 0 Å². The molecule has 1 aliphatic heterocycles. The summed E-state index contributed by atoms with van der Waals surface area (Å²) in [6.45, 7) is 1.60. The van der Waals surface area contributed by atoms with Crippen LogP contribution in [0.5, 0.6) is 0 Å². The predicted molar refractivity (Wildman–Crippen MR) is 60.1 cm³/mol. The first kappa shape index (κ1) is 11.3. The number of rotatable bonds is 2. The summed E-state index contributed by atoms with van der Waals surface area (Å²) in [4.78, 5) is 1.94. The third kappa shape index (κ3) is 1.99. The molecule has 6 nitrogen and oxygen atoms in total. The van der Waals surface area contributed by atoms with Crippen LogP contribution in [0.25, 0.3) is 0 Å². The standard InChI is InChI=1S/C9H15N3O3S/c1-16(13,14)7-8(10)15-11-9(7)12-5-3-2-4-6-12/h2-6,10H2,1H3. The molecule has 2 heterocycles. The molecule has 0 unspecified atom stereocenters. The second-order valence-electron chi connectivity index (χ2n) is 4.02. The van der Waals surface area contributed by atoms with Crippen molar-refractivity contribution in [2.24, 2.45) is 0 Å². The van der Waals surface area contributed by atoms with Crippen molar-refractivity contribution in [3.63, 3.8) is 0 Å². The Morgan fingerprint density at radius 1 is 1.31 bits per heavy atom. The van der Waals surface area contributed by atoms with Gasteiger partial charge < -0.3 is 15.2 Å². The fourth-order valence-electron chi connectivity index (χ4n) is 1.94. The third-order valence-corrected chi connectivity index (χ3v) is 3.81. The Balaban J connectivity index is 2.41. The second kappa shape index (κ2) is 3.97. The number of hydrogen-bond acceptors (Lipinski definition) is 6. The summed E-state index contributed by atoms with van der Waals surface area (Å²) in [6.07, 6.45) is 4.35. The van der Waals surface area contributed by atoms with E-state index in [2.05, 4.69) is 5.16 Å². The van der Waals surface area contributed by atoms with Crippen molar-refractivity contribution >= 4 is 21.5 Å². The van der Waals surface area contributed by atoms with Crippen molar-refractivity contribution in [3.8, 4) is 0 Å². The molecule has 1 fully saturated rings. The number of sulfone groups is 1. The van der Waals surface area contributed by atoms with Gasteiger partial charge in [-0.1, -0.05) is 5.16 Å². The van der Waals surface area contributed by atoms with Gasteiger partial charge in [0.15, 0.2) is 20.6 Å². The molecule has 0 radical (unpaired) electrons. The van der Waals surface area contributed by atoms with Gasteiger partial charge in [-0.05, 0) is 19.3 Å². The maximum absolute atomic E-state index is 11.6. The molecule has 1 aliphatic rings. The first-order valence-electron chi connectivity index (χ1n) is 5.20. The molecule has 16 heavy (non-hydrogen) atoms. The van der Waals surface area contributed by atoms with Gasteiger partial charge in [0.2, 0.25) is 5.88 Å². The number of piperidine rings is 1. The summed E-state index contributed by atoms with van der Waals surface area (Å²) < 4.78 is 27.9. The summed E-state index contributed by atoms with van der Waals surface area (Å²) in [7, 11) is -3.39. The predicted octanol–water partition coefficient (Wildman–Crippen LogP) is 0.651. The lowest BCUT2D eigenvalue weighted by Gasteiger charge is -2.26. The van der Waals surface area contributed by atoms with Crippen LogP contribution in [0.15, 0.2) is 9.42 Å². The molecule has 1 aromatic rings. The Morgan fingerprint density at radius 2 is 1.94 bits per heavy atom. The fourth-order valence-corrected chi connectivity index (χ4v) is 2.84. The lowest BCUT2D eigenvalue weighted by Crippen LogP contribution is -2.30. The molecule has 0 saturated carbocycles. The minimum atomic E-state index is -3.39. The van der Waals surface area contributed by atoms with Crippen molar-refractivity contribution in [2.45, 2.75) is 24.2 Å². The van der Waals surface area contributed by atoms with E-state index in [4.69, 9.17) is 10.3 Å². The minimum Gasteiger partial charge on any atom is -0.366 e. The molecule has 1 aromatic heterocycles. The highest BCUT2D eigenvalue weighted by atomic mass is 32.2. The van der Waals surface area contributed by atoms with Crippen molar-refractivity contribution in [1.82, 2.24) is 5.16 Å². The number of nitrogens with two attached hydrogens (primary N) is 1. The Morgan fingerprint density at radius 3 is 2.50 bits per heavy atom. The van der Waals surface area contributed by atoms with E-state index >= 15 is 0 Å². The van der Waals surface area contributed by atoms with Gasteiger partial charge in [-0.25, -0.2) is 8.42 Å². The lowest BCUT2D eigenvalue weighted by molar-refractivity contribution is 0.431.